The van der Waals surface area contributed by atoms with E-state index < -0.39 is 0 Å². The molecule has 1 N–H and O–H groups in total. The van der Waals surface area contributed by atoms with Gasteiger partial charge < -0.3 is 5.11 Å². The smallest absolute Gasteiger partial charge is 0.0963 e. The first kappa shape index (κ1) is 11.7. The summed E-state index contributed by atoms with van der Waals surface area (Å²) < 4.78 is 0. The number of aryl methyl sites for hydroxylation is 1. The highest BCUT2D eigenvalue weighted by atomic mass is 16.3. The molecule has 2 aromatic rings. The molecule has 3 rings (SSSR count). The zero-order valence-electron chi connectivity index (χ0n) is 10.8. The summed E-state index contributed by atoms with van der Waals surface area (Å²) in [5, 5.41) is 11.4. The highest BCUT2D eigenvalue weighted by Crippen LogP contribution is 2.34. The van der Waals surface area contributed by atoms with Crippen LogP contribution in [-0.2, 0) is 12.8 Å². The Morgan fingerprint density at radius 3 is 3.00 bits per heavy atom. The zero-order valence-corrected chi connectivity index (χ0v) is 10.8. The van der Waals surface area contributed by atoms with E-state index >= 15 is 0 Å². The number of hydrogen-bond acceptors (Lipinski definition) is 2. The van der Waals surface area contributed by atoms with Crippen molar-refractivity contribution in [3.8, 4) is 0 Å². The van der Waals surface area contributed by atoms with Crippen LogP contribution in [0, 0.1) is 0 Å². The lowest BCUT2D eigenvalue weighted by Crippen LogP contribution is -2.14. The van der Waals surface area contributed by atoms with Crippen LogP contribution in [0.4, 0.5) is 0 Å². The Morgan fingerprint density at radius 1 is 1.33 bits per heavy atom. The summed E-state index contributed by atoms with van der Waals surface area (Å²) in [6, 6.07) is 8.31. The van der Waals surface area contributed by atoms with E-state index in [1.807, 2.05) is 6.07 Å². The topological polar surface area (TPSA) is 33.1 Å². The van der Waals surface area contributed by atoms with Crippen molar-refractivity contribution in [3.63, 3.8) is 0 Å². The zero-order chi connectivity index (χ0) is 12.5. The molecule has 0 aliphatic heterocycles. The summed E-state index contributed by atoms with van der Waals surface area (Å²) >= 11 is 0. The molecular formula is C16H19NO. The van der Waals surface area contributed by atoms with Crippen LogP contribution in [-0.4, -0.2) is 10.1 Å². The highest BCUT2D eigenvalue weighted by Gasteiger charge is 2.23. The molecule has 0 saturated carbocycles. The van der Waals surface area contributed by atoms with Crippen LogP contribution in [0.1, 0.15) is 49.1 Å². The second-order valence-corrected chi connectivity index (χ2v) is 5.13. The third-order valence-corrected chi connectivity index (χ3v) is 3.86. The minimum absolute atomic E-state index is 0.367. The number of fused-ring (bicyclic) bond motifs is 2. The summed E-state index contributed by atoms with van der Waals surface area (Å²) in [5.41, 5.74) is 4.69. The molecule has 1 aromatic carbocycles. The van der Waals surface area contributed by atoms with E-state index in [9.17, 15) is 5.11 Å². The fourth-order valence-corrected chi connectivity index (χ4v) is 3.04. The molecule has 1 atom stereocenters. The van der Waals surface area contributed by atoms with E-state index in [1.165, 1.54) is 16.5 Å². The maximum atomic E-state index is 10.2. The van der Waals surface area contributed by atoms with Crippen LogP contribution >= 0.6 is 0 Å². The number of rotatable bonds is 2. The van der Waals surface area contributed by atoms with Gasteiger partial charge in [-0.05, 0) is 42.9 Å². The molecule has 0 bridgehead atoms. The number of aliphatic hydroxyl groups is 1. The molecule has 0 radical (unpaired) electrons. The molecule has 1 aromatic heterocycles. The predicted octanol–water partition coefficient (Wildman–Crippen LogP) is 3.56. The number of aliphatic hydroxyl groups excluding tert-OH is 1. The Morgan fingerprint density at radius 2 is 2.17 bits per heavy atom. The molecule has 2 nitrogen and oxygen atoms in total. The Bertz CT molecular complexity index is 577. The van der Waals surface area contributed by atoms with Gasteiger partial charge in [0.1, 0.15) is 0 Å². The number of aromatic nitrogens is 1. The van der Waals surface area contributed by atoms with Crippen molar-refractivity contribution >= 4 is 10.9 Å². The quantitative estimate of drug-likeness (QED) is 0.872. The Labute approximate surface area is 108 Å². The number of pyridine rings is 1. The first-order chi connectivity index (χ1) is 8.81. The van der Waals surface area contributed by atoms with Crippen molar-refractivity contribution in [2.75, 3.05) is 0 Å². The van der Waals surface area contributed by atoms with Gasteiger partial charge in [0.05, 0.1) is 17.3 Å². The third-order valence-electron chi connectivity index (χ3n) is 3.86. The van der Waals surface area contributed by atoms with Gasteiger partial charge in [-0.3, -0.25) is 0 Å². The number of para-hydroxylation sites is 1. The van der Waals surface area contributed by atoms with Gasteiger partial charge in [-0.2, -0.15) is 0 Å². The molecule has 2 heteroatoms. The van der Waals surface area contributed by atoms with Crippen LogP contribution in [0.5, 0.6) is 0 Å². The second-order valence-electron chi connectivity index (χ2n) is 5.13. The highest BCUT2D eigenvalue weighted by molar-refractivity contribution is 5.84. The van der Waals surface area contributed by atoms with Crippen molar-refractivity contribution in [2.45, 2.75) is 45.1 Å². The van der Waals surface area contributed by atoms with Gasteiger partial charge in [0.15, 0.2) is 0 Å². The van der Waals surface area contributed by atoms with Gasteiger partial charge in [0, 0.05) is 5.39 Å². The van der Waals surface area contributed by atoms with E-state index in [2.05, 4.69) is 30.1 Å². The van der Waals surface area contributed by atoms with Gasteiger partial charge in [0.25, 0.3) is 0 Å². The monoisotopic (exact) mass is 241 g/mol. The van der Waals surface area contributed by atoms with E-state index in [0.29, 0.717) is 0 Å². The molecule has 1 aliphatic rings. The lowest BCUT2D eigenvalue weighted by molar-refractivity contribution is 0.151. The second kappa shape index (κ2) is 4.69. The molecule has 0 saturated heterocycles. The third kappa shape index (κ3) is 1.81. The largest absolute Gasteiger partial charge is 0.387 e. The van der Waals surface area contributed by atoms with Crippen molar-refractivity contribution in [2.24, 2.45) is 0 Å². The van der Waals surface area contributed by atoms with E-state index in [1.54, 1.807) is 0 Å². The molecule has 1 aliphatic carbocycles. The first-order valence-electron chi connectivity index (χ1n) is 6.89. The van der Waals surface area contributed by atoms with Gasteiger partial charge in [0.2, 0.25) is 0 Å². The molecular weight excluding hydrogens is 222 g/mol. The van der Waals surface area contributed by atoms with Crippen LogP contribution < -0.4 is 0 Å². The minimum atomic E-state index is -0.367. The standard InChI is InChI=1S/C16H19NO/c1-2-6-11-12-7-3-4-9-14(12)17-16-13(11)8-5-10-15(16)18/h3-4,7,9,15,18H,2,5-6,8,10H2,1H3. The summed E-state index contributed by atoms with van der Waals surface area (Å²) in [6.07, 6.45) is 4.84. The summed E-state index contributed by atoms with van der Waals surface area (Å²) in [4.78, 5) is 4.69. The van der Waals surface area contributed by atoms with Gasteiger partial charge in [-0.1, -0.05) is 31.5 Å². The number of benzene rings is 1. The van der Waals surface area contributed by atoms with E-state index in [-0.39, 0.29) is 6.10 Å². The van der Waals surface area contributed by atoms with E-state index in [0.717, 1.165) is 43.3 Å². The lowest BCUT2D eigenvalue weighted by atomic mass is 9.87. The molecule has 94 valence electrons. The van der Waals surface area contributed by atoms with Crippen LogP contribution in [0.25, 0.3) is 10.9 Å². The van der Waals surface area contributed by atoms with Crippen LogP contribution in [0.3, 0.4) is 0 Å². The fourth-order valence-electron chi connectivity index (χ4n) is 3.04. The lowest BCUT2D eigenvalue weighted by Gasteiger charge is -2.24. The normalized spacial score (nSPS) is 18.9. The van der Waals surface area contributed by atoms with E-state index in [4.69, 9.17) is 0 Å². The van der Waals surface area contributed by atoms with Gasteiger partial charge in [-0.15, -0.1) is 0 Å². The Balaban J connectivity index is 2.30. The maximum Gasteiger partial charge on any atom is 0.0963 e. The molecule has 0 amide bonds. The Hall–Kier alpha value is -1.41. The molecule has 18 heavy (non-hydrogen) atoms. The van der Waals surface area contributed by atoms with Crippen molar-refractivity contribution in [1.29, 1.82) is 0 Å². The molecule has 1 unspecified atom stereocenters. The fraction of sp³-hybridized carbons (Fsp3) is 0.438. The van der Waals surface area contributed by atoms with Gasteiger partial charge in [-0.25, -0.2) is 4.98 Å². The SMILES string of the molecule is CCCc1c2c(nc3ccccc13)C(O)CCC2. The van der Waals surface area contributed by atoms with Crippen molar-refractivity contribution in [3.05, 3.63) is 41.1 Å². The summed E-state index contributed by atoms with van der Waals surface area (Å²) in [6.45, 7) is 2.21. The van der Waals surface area contributed by atoms with Crippen LogP contribution in [0.2, 0.25) is 0 Å². The molecule has 0 spiro atoms. The number of hydrogen-bond donors (Lipinski definition) is 1. The molecule has 1 heterocycles. The Kier molecular flexibility index (Phi) is 3.04. The average Bonchev–Trinajstić information content (AvgIpc) is 2.40. The van der Waals surface area contributed by atoms with Crippen molar-refractivity contribution in [1.82, 2.24) is 4.98 Å². The minimum Gasteiger partial charge on any atom is -0.387 e. The number of nitrogens with zero attached hydrogens (tertiary/aromatic N) is 1. The van der Waals surface area contributed by atoms with Crippen molar-refractivity contribution < 1.29 is 5.11 Å². The predicted molar refractivity (Wildman–Crippen MR) is 73.6 cm³/mol. The maximum absolute atomic E-state index is 10.2. The molecule has 0 fully saturated rings. The average molecular weight is 241 g/mol. The van der Waals surface area contributed by atoms with Crippen LogP contribution in [0.15, 0.2) is 24.3 Å². The van der Waals surface area contributed by atoms with Gasteiger partial charge >= 0.3 is 0 Å². The summed E-state index contributed by atoms with van der Waals surface area (Å²) in [5.74, 6) is 0. The summed E-state index contributed by atoms with van der Waals surface area (Å²) in [7, 11) is 0. The first-order valence-corrected chi connectivity index (χ1v) is 6.89.